The van der Waals surface area contributed by atoms with Gasteiger partial charge in [-0.15, -0.1) is 0 Å². The predicted molar refractivity (Wildman–Crippen MR) is 121 cm³/mol. The van der Waals surface area contributed by atoms with E-state index >= 15 is 0 Å². The standard InChI is InChI=1S/C24H27ClN2O4/c1-4-24(2,23(28)29)31-13-12-19-15-22(17-9-7-10-20(14-17)30-3)27(26-19)16-18-8-5-6-11-21(18)25/h5-11,14-15H,4,12-13,16H2,1-3H3,(H,28,29)/t24-/m0/s1. The van der Waals surface area contributed by atoms with E-state index in [1.807, 2.05) is 59.3 Å². The van der Waals surface area contributed by atoms with Gasteiger partial charge in [0.1, 0.15) is 5.75 Å². The molecular weight excluding hydrogens is 416 g/mol. The Hall–Kier alpha value is -2.83. The number of hydrogen-bond donors (Lipinski definition) is 1. The van der Waals surface area contributed by atoms with E-state index in [2.05, 4.69) is 0 Å². The van der Waals surface area contributed by atoms with Crippen molar-refractivity contribution < 1.29 is 19.4 Å². The van der Waals surface area contributed by atoms with Crippen LogP contribution in [0.2, 0.25) is 5.02 Å². The number of halogens is 1. The summed E-state index contributed by atoms with van der Waals surface area (Å²) in [6, 6.07) is 17.5. The van der Waals surface area contributed by atoms with Gasteiger partial charge in [0.25, 0.3) is 0 Å². The van der Waals surface area contributed by atoms with E-state index in [0.29, 0.717) is 24.4 Å². The van der Waals surface area contributed by atoms with Gasteiger partial charge in [-0.2, -0.15) is 5.10 Å². The van der Waals surface area contributed by atoms with Crippen LogP contribution < -0.4 is 4.74 Å². The van der Waals surface area contributed by atoms with E-state index in [4.69, 9.17) is 26.2 Å². The molecule has 0 aliphatic rings. The van der Waals surface area contributed by atoms with Crippen LogP contribution in [0.25, 0.3) is 11.3 Å². The van der Waals surface area contributed by atoms with Crippen molar-refractivity contribution in [3.63, 3.8) is 0 Å². The van der Waals surface area contributed by atoms with Gasteiger partial charge in [-0.1, -0.05) is 48.9 Å². The fraction of sp³-hybridized carbons (Fsp3) is 0.333. The highest BCUT2D eigenvalue weighted by Crippen LogP contribution is 2.27. The zero-order valence-corrected chi connectivity index (χ0v) is 18.7. The second-order valence-corrected chi connectivity index (χ2v) is 7.90. The minimum atomic E-state index is -1.20. The number of ether oxygens (including phenoxy) is 2. The first kappa shape index (κ1) is 22.8. The van der Waals surface area contributed by atoms with E-state index in [0.717, 1.165) is 28.3 Å². The maximum absolute atomic E-state index is 11.5. The van der Waals surface area contributed by atoms with Crippen LogP contribution in [0, 0.1) is 0 Å². The average Bonchev–Trinajstić information content (AvgIpc) is 3.17. The molecule has 0 amide bonds. The number of nitrogens with zero attached hydrogens (tertiary/aromatic N) is 2. The smallest absolute Gasteiger partial charge is 0.335 e. The lowest BCUT2D eigenvalue weighted by atomic mass is 10.0. The summed E-state index contributed by atoms with van der Waals surface area (Å²) >= 11 is 6.37. The lowest BCUT2D eigenvalue weighted by molar-refractivity contribution is -0.164. The molecular formula is C24H27ClN2O4. The Labute approximate surface area is 187 Å². The number of carbonyl (C=O) groups is 1. The molecule has 0 aliphatic carbocycles. The molecule has 0 saturated heterocycles. The molecule has 7 heteroatoms. The monoisotopic (exact) mass is 442 g/mol. The van der Waals surface area contributed by atoms with Crippen molar-refractivity contribution in [2.24, 2.45) is 0 Å². The molecule has 0 unspecified atom stereocenters. The van der Waals surface area contributed by atoms with Crippen LogP contribution in [0.5, 0.6) is 5.75 Å². The summed E-state index contributed by atoms with van der Waals surface area (Å²) in [6.07, 6.45) is 0.883. The molecule has 1 heterocycles. The van der Waals surface area contributed by atoms with Crippen LogP contribution in [0.15, 0.2) is 54.6 Å². The lowest BCUT2D eigenvalue weighted by Gasteiger charge is -2.23. The minimum Gasteiger partial charge on any atom is -0.497 e. The number of rotatable bonds is 10. The van der Waals surface area contributed by atoms with Crippen LogP contribution in [-0.2, 0) is 22.5 Å². The third-order valence-corrected chi connectivity index (χ3v) is 5.75. The predicted octanol–water partition coefficient (Wildman–Crippen LogP) is 5.07. The highest BCUT2D eigenvalue weighted by atomic mass is 35.5. The summed E-state index contributed by atoms with van der Waals surface area (Å²) in [5.74, 6) is -0.204. The number of benzene rings is 2. The zero-order chi connectivity index (χ0) is 22.4. The van der Waals surface area contributed by atoms with Crippen molar-refractivity contribution in [3.8, 4) is 17.0 Å². The summed E-state index contributed by atoms with van der Waals surface area (Å²) in [7, 11) is 1.64. The van der Waals surface area contributed by atoms with Crippen molar-refractivity contribution in [3.05, 3.63) is 70.9 Å². The molecule has 0 radical (unpaired) electrons. The Kier molecular flexibility index (Phi) is 7.36. The molecule has 164 valence electrons. The first-order valence-electron chi connectivity index (χ1n) is 10.2. The van der Waals surface area contributed by atoms with Crippen molar-refractivity contribution in [2.75, 3.05) is 13.7 Å². The van der Waals surface area contributed by atoms with Gasteiger partial charge >= 0.3 is 5.97 Å². The molecule has 0 aliphatic heterocycles. The Balaban J connectivity index is 1.88. The second-order valence-electron chi connectivity index (χ2n) is 7.49. The zero-order valence-electron chi connectivity index (χ0n) is 18.0. The third-order valence-electron chi connectivity index (χ3n) is 5.38. The van der Waals surface area contributed by atoms with Gasteiger partial charge in [0.05, 0.1) is 31.6 Å². The van der Waals surface area contributed by atoms with Gasteiger partial charge in [0.2, 0.25) is 0 Å². The molecule has 0 fully saturated rings. The highest BCUT2D eigenvalue weighted by molar-refractivity contribution is 6.31. The van der Waals surface area contributed by atoms with Gasteiger partial charge in [0.15, 0.2) is 5.60 Å². The highest BCUT2D eigenvalue weighted by Gasteiger charge is 2.31. The van der Waals surface area contributed by atoms with Gasteiger partial charge < -0.3 is 14.6 Å². The fourth-order valence-electron chi connectivity index (χ4n) is 3.21. The number of carboxylic acid groups (broad SMARTS) is 1. The SMILES string of the molecule is CC[C@](C)(OCCc1cc(-c2cccc(OC)c2)n(Cc2ccccc2Cl)n1)C(=O)O. The first-order valence-corrected chi connectivity index (χ1v) is 10.6. The van der Waals surface area contributed by atoms with Crippen LogP contribution in [0.4, 0.5) is 0 Å². The van der Waals surface area contributed by atoms with Gasteiger partial charge in [0, 0.05) is 17.0 Å². The number of hydrogen-bond acceptors (Lipinski definition) is 4. The fourth-order valence-corrected chi connectivity index (χ4v) is 3.41. The molecule has 1 aromatic heterocycles. The molecule has 0 saturated carbocycles. The Morgan fingerprint density at radius 2 is 1.97 bits per heavy atom. The minimum absolute atomic E-state index is 0.261. The van der Waals surface area contributed by atoms with E-state index in [1.165, 1.54) is 0 Å². The lowest BCUT2D eigenvalue weighted by Crippen LogP contribution is -2.38. The molecule has 31 heavy (non-hydrogen) atoms. The maximum Gasteiger partial charge on any atom is 0.335 e. The average molecular weight is 443 g/mol. The van der Waals surface area contributed by atoms with E-state index in [-0.39, 0.29) is 6.61 Å². The molecule has 1 atom stereocenters. The van der Waals surface area contributed by atoms with E-state index in [9.17, 15) is 9.90 Å². The number of methoxy groups -OCH3 is 1. The van der Waals surface area contributed by atoms with E-state index in [1.54, 1.807) is 21.0 Å². The molecule has 0 bridgehead atoms. The van der Waals surface area contributed by atoms with Gasteiger partial charge in [-0.3, -0.25) is 4.68 Å². The first-order chi connectivity index (χ1) is 14.9. The Morgan fingerprint density at radius 3 is 2.65 bits per heavy atom. The molecule has 6 nitrogen and oxygen atoms in total. The molecule has 2 aromatic carbocycles. The number of aromatic nitrogens is 2. The summed E-state index contributed by atoms with van der Waals surface area (Å²) < 4.78 is 13.0. The molecule has 1 N–H and O–H groups in total. The summed E-state index contributed by atoms with van der Waals surface area (Å²) in [6.45, 7) is 4.16. The normalized spacial score (nSPS) is 13.0. The molecule has 0 spiro atoms. The van der Waals surface area contributed by atoms with Crippen LogP contribution in [-0.4, -0.2) is 40.2 Å². The summed E-state index contributed by atoms with van der Waals surface area (Å²) in [4.78, 5) is 11.5. The molecule has 3 aromatic rings. The third kappa shape index (κ3) is 5.46. The van der Waals surface area contributed by atoms with Crippen LogP contribution in [0.1, 0.15) is 31.5 Å². The van der Waals surface area contributed by atoms with Gasteiger partial charge in [-0.05, 0) is 43.2 Å². The largest absolute Gasteiger partial charge is 0.497 e. The van der Waals surface area contributed by atoms with E-state index < -0.39 is 11.6 Å². The Morgan fingerprint density at radius 1 is 1.19 bits per heavy atom. The maximum atomic E-state index is 11.5. The summed E-state index contributed by atoms with van der Waals surface area (Å²) in [5, 5.41) is 14.8. The Bertz CT molecular complexity index is 1050. The van der Waals surface area contributed by atoms with Crippen molar-refractivity contribution >= 4 is 17.6 Å². The van der Waals surface area contributed by atoms with Gasteiger partial charge in [-0.25, -0.2) is 4.79 Å². The molecule has 3 rings (SSSR count). The number of carboxylic acids is 1. The van der Waals surface area contributed by atoms with Crippen LogP contribution >= 0.6 is 11.6 Å². The number of aliphatic carboxylic acids is 1. The van der Waals surface area contributed by atoms with Crippen molar-refractivity contribution in [1.82, 2.24) is 9.78 Å². The quantitative estimate of drug-likeness (QED) is 0.474. The van der Waals surface area contributed by atoms with Crippen LogP contribution in [0.3, 0.4) is 0 Å². The van der Waals surface area contributed by atoms with Crippen molar-refractivity contribution in [2.45, 2.75) is 38.8 Å². The topological polar surface area (TPSA) is 73.6 Å². The second kappa shape index (κ2) is 9.98. The van der Waals surface area contributed by atoms with Crippen molar-refractivity contribution in [1.29, 1.82) is 0 Å². The summed E-state index contributed by atoms with van der Waals surface area (Å²) in [5.41, 5.74) is 2.47.